The number of aldehydes is 1. The fraction of sp³-hybridized carbons (Fsp3) is 0.926. The smallest absolute Gasteiger partial charge is 0.306 e. The minimum absolute atomic E-state index is 0.0930. The fourth-order valence-electron chi connectivity index (χ4n) is 5.93. The lowest BCUT2D eigenvalue weighted by Gasteiger charge is -2.40. The Kier molecular flexibility index (Phi) is 14.2. The van der Waals surface area contributed by atoms with Crippen molar-refractivity contribution in [3.8, 4) is 0 Å². The van der Waals surface area contributed by atoms with Crippen LogP contribution in [0.4, 0.5) is 0 Å². The first-order chi connectivity index (χ1) is 16.0. The van der Waals surface area contributed by atoms with Crippen molar-refractivity contribution in [3.63, 3.8) is 0 Å². The zero-order valence-corrected chi connectivity index (χ0v) is 21.6. The van der Waals surface area contributed by atoms with Gasteiger partial charge < -0.3 is 24.1 Å². The maximum Gasteiger partial charge on any atom is 0.306 e. The minimum atomic E-state index is -0.114. The van der Waals surface area contributed by atoms with Crippen LogP contribution in [0.15, 0.2) is 0 Å². The second-order valence-electron chi connectivity index (χ2n) is 10.7. The van der Waals surface area contributed by atoms with E-state index in [2.05, 4.69) is 23.9 Å². The Balaban J connectivity index is 1.71. The van der Waals surface area contributed by atoms with Gasteiger partial charge in [0, 0.05) is 20.0 Å². The molecule has 0 aromatic rings. The fourth-order valence-corrected chi connectivity index (χ4v) is 5.93. The lowest BCUT2D eigenvalue weighted by Crippen LogP contribution is -2.32. The topological polar surface area (TPSA) is 59.1 Å². The van der Waals surface area contributed by atoms with E-state index in [0.717, 1.165) is 70.0 Å². The number of carbonyl (C=O) groups excluding carboxylic acids is 2. The van der Waals surface area contributed by atoms with E-state index in [4.69, 9.17) is 9.47 Å². The number of hydrogen-bond donors (Lipinski definition) is 0. The van der Waals surface area contributed by atoms with Gasteiger partial charge in [0.25, 0.3) is 0 Å². The van der Waals surface area contributed by atoms with Gasteiger partial charge in [0.1, 0.15) is 12.4 Å². The molecule has 6 heteroatoms. The van der Waals surface area contributed by atoms with Gasteiger partial charge in [-0.3, -0.25) is 4.79 Å². The monoisotopic (exact) mass is 466 g/mol. The van der Waals surface area contributed by atoms with Crippen LogP contribution in [-0.2, 0) is 19.1 Å². The molecule has 4 atom stereocenters. The van der Waals surface area contributed by atoms with Gasteiger partial charge in [-0.1, -0.05) is 32.1 Å². The number of nitrogens with zero attached hydrogens (tertiary/aromatic N) is 2. The molecule has 0 bridgehead atoms. The minimum Gasteiger partial charge on any atom is -0.460 e. The Bertz CT molecular complexity index is 542. The van der Waals surface area contributed by atoms with Gasteiger partial charge in [0.15, 0.2) is 0 Å². The number of hydrogen-bond acceptors (Lipinski definition) is 6. The van der Waals surface area contributed by atoms with Crippen LogP contribution >= 0.6 is 0 Å². The number of rotatable bonds is 17. The molecule has 0 aromatic heterocycles. The van der Waals surface area contributed by atoms with Crippen LogP contribution in [0.25, 0.3) is 0 Å². The molecular formula is C27H50N2O4. The molecular weight excluding hydrogens is 416 g/mol. The molecule has 0 amide bonds. The van der Waals surface area contributed by atoms with Crippen molar-refractivity contribution >= 4 is 12.3 Å². The first kappa shape index (κ1) is 28.3. The van der Waals surface area contributed by atoms with E-state index in [0.29, 0.717) is 25.4 Å². The van der Waals surface area contributed by atoms with Crippen LogP contribution in [0, 0.1) is 17.8 Å². The summed E-state index contributed by atoms with van der Waals surface area (Å²) < 4.78 is 11.3. The summed E-state index contributed by atoms with van der Waals surface area (Å²) in [5.74, 6) is 2.42. The third-order valence-electron chi connectivity index (χ3n) is 7.63. The standard InChI is InChI=1S/C27H50N2O4/c1-28(2)15-9-18-29(16-6-7-19-30)17-8-12-27(31)33-26(22-32-3)21-23-13-14-24-10-4-5-11-25(24)20-23/h19,23-26H,4-18,20-22H2,1-3H3. The largest absolute Gasteiger partial charge is 0.460 e. The number of fused-ring (bicyclic) bond motifs is 1. The molecule has 33 heavy (non-hydrogen) atoms. The maximum atomic E-state index is 12.6. The molecule has 0 spiro atoms. The van der Waals surface area contributed by atoms with Gasteiger partial charge in [-0.05, 0) is 96.6 Å². The van der Waals surface area contributed by atoms with Crippen LogP contribution in [0.2, 0.25) is 0 Å². The number of methoxy groups -OCH3 is 1. The summed E-state index contributed by atoms with van der Waals surface area (Å²) in [6, 6.07) is 0. The molecule has 0 heterocycles. The van der Waals surface area contributed by atoms with Crippen LogP contribution < -0.4 is 0 Å². The van der Waals surface area contributed by atoms with Crippen molar-refractivity contribution in [2.24, 2.45) is 17.8 Å². The van der Waals surface area contributed by atoms with E-state index in [-0.39, 0.29) is 12.1 Å². The molecule has 2 fully saturated rings. The highest BCUT2D eigenvalue weighted by Gasteiger charge is 2.33. The number of unbranched alkanes of at least 4 members (excludes halogenated alkanes) is 1. The Morgan fingerprint density at radius 1 is 0.970 bits per heavy atom. The molecule has 2 aliphatic carbocycles. The molecule has 2 saturated carbocycles. The third kappa shape index (κ3) is 11.8. The lowest BCUT2D eigenvalue weighted by molar-refractivity contribution is -0.153. The third-order valence-corrected chi connectivity index (χ3v) is 7.63. The second kappa shape index (κ2) is 16.6. The van der Waals surface area contributed by atoms with Crippen LogP contribution in [0.1, 0.15) is 83.5 Å². The summed E-state index contributed by atoms with van der Waals surface area (Å²) in [4.78, 5) is 27.8. The first-order valence-electron chi connectivity index (χ1n) is 13.5. The molecule has 0 aromatic carbocycles. The molecule has 2 aliphatic rings. The van der Waals surface area contributed by atoms with Gasteiger partial charge in [-0.2, -0.15) is 0 Å². The Morgan fingerprint density at radius 2 is 1.70 bits per heavy atom. The highest BCUT2D eigenvalue weighted by atomic mass is 16.6. The quantitative estimate of drug-likeness (QED) is 0.178. The van der Waals surface area contributed by atoms with E-state index < -0.39 is 0 Å². The molecule has 4 unspecified atom stereocenters. The maximum absolute atomic E-state index is 12.6. The van der Waals surface area contributed by atoms with Crippen LogP contribution in [0.3, 0.4) is 0 Å². The van der Waals surface area contributed by atoms with E-state index in [1.54, 1.807) is 7.11 Å². The molecule has 0 saturated heterocycles. The van der Waals surface area contributed by atoms with Crippen molar-refractivity contribution in [2.75, 3.05) is 54.0 Å². The Labute approximate surface area is 202 Å². The molecule has 0 radical (unpaired) electrons. The van der Waals surface area contributed by atoms with Crippen molar-refractivity contribution in [1.29, 1.82) is 0 Å². The Morgan fingerprint density at radius 3 is 2.42 bits per heavy atom. The number of carbonyl (C=O) groups is 2. The SMILES string of the molecule is COCC(CC1CCC2CCCCC2C1)OC(=O)CCCN(CCCC=O)CCCN(C)C. The average Bonchev–Trinajstić information content (AvgIpc) is 2.78. The summed E-state index contributed by atoms with van der Waals surface area (Å²) in [6.45, 7) is 4.34. The Hall–Kier alpha value is -0.980. The van der Waals surface area contributed by atoms with Gasteiger partial charge >= 0.3 is 5.97 Å². The average molecular weight is 467 g/mol. The normalized spacial score (nSPS) is 24.0. The van der Waals surface area contributed by atoms with Gasteiger partial charge in [0.05, 0.1) is 6.61 Å². The van der Waals surface area contributed by atoms with Crippen molar-refractivity contribution in [2.45, 2.75) is 89.6 Å². The molecule has 0 aliphatic heterocycles. The van der Waals surface area contributed by atoms with Gasteiger partial charge in [0.2, 0.25) is 0 Å². The van der Waals surface area contributed by atoms with Gasteiger partial charge in [-0.15, -0.1) is 0 Å². The summed E-state index contributed by atoms with van der Waals surface area (Å²) in [5.41, 5.74) is 0. The zero-order valence-electron chi connectivity index (χ0n) is 21.6. The number of ether oxygens (including phenoxy) is 2. The molecule has 192 valence electrons. The van der Waals surface area contributed by atoms with E-state index >= 15 is 0 Å². The predicted octanol–water partition coefficient (Wildman–Crippen LogP) is 4.55. The van der Waals surface area contributed by atoms with Gasteiger partial charge in [-0.25, -0.2) is 0 Å². The van der Waals surface area contributed by atoms with E-state index in [9.17, 15) is 9.59 Å². The summed E-state index contributed by atoms with van der Waals surface area (Å²) in [7, 11) is 5.87. The zero-order chi connectivity index (χ0) is 23.9. The highest BCUT2D eigenvalue weighted by molar-refractivity contribution is 5.69. The number of esters is 1. The summed E-state index contributed by atoms with van der Waals surface area (Å²) in [5, 5.41) is 0. The molecule has 2 rings (SSSR count). The molecule has 0 N–H and O–H groups in total. The van der Waals surface area contributed by atoms with Crippen LogP contribution in [0.5, 0.6) is 0 Å². The van der Waals surface area contributed by atoms with Crippen molar-refractivity contribution < 1.29 is 19.1 Å². The first-order valence-corrected chi connectivity index (χ1v) is 13.5. The second-order valence-corrected chi connectivity index (χ2v) is 10.7. The predicted molar refractivity (Wildman–Crippen MR) is 133 cm³/mol. The van der Waals surface area contributed by atoms with E-state index in [1.807, 2.05) is 0 Å². The van der Waals surface area contributed by atoms with E-state index in [1.165, 1.54) is 44.9 Å². The van der Waals surface area contributed by atoms with Crippen molar-refractivity contribution in [3.05, 3.63) is 0 Å². The highest BCUT2D eigenvalue weighted by Crippen LogP contribution is 2.44. The summed E-state index contributed by atoms with van der Waals surface area (Å²) >= 11 is 0. The lowest BCUT2D eigenvalue weighted by atomic mass is 9.66. The summed E-state index contributed by atoms with van der Waals surface area (Å²) in [6.07, 6.45) is 15.2. The molecule has 6 nitrogen and oxygen atoms in total. The van der Waals surface area contributed by atoms with Crippen molar-refractivity contribution in [1.82, 2.24) is 9.80 Å². The van der Waals surface area contributed by atoms with Crippen LogP contribution in [-0.4, -0.2) is 82.2 Å².